The monoisotopic (exact) mass is 1290 g/mol. The molecule has 0 saturated carbocycles. The van der Waals surface area contributed by atoms with Gasteiger partial charge in [0.15, 0.2) is 12.6 Å². The van der Waals surface area contributed by atoms with E-state index in [1.807, 2.05) is 6.08 Å². The summed E-state index contributed by atoms with van der Waals surface area (Å²) in [7, 11) is 0. The van der Waals surface area contributed by atoms with Gasteiger partial charge >= 0.3 is 0 Å². The normalized spacial score (nSPS) is 23.3. The Morgan fingerprint density at radius 2 is 0.761 bits per heavy atom. The molecule has 2 saturated heterocycles. The maximum atomic E-state index is 13.3. The zero-order chi connectivity index (χ0) is 66.6. The van der Waals surface area contributed by atoms with Crippen LogP contribution in [-0.2, 0) is 23.7 Å². The van der Waals surface area contributed by atoms with Gasteiger partial charge in [0.1, 0.15) is 48.8 Å². The smallest absolute Gasteiger partial charge is 0.220 e. The summed E-state index contributed by atoms with van der Waals surface area (Å²) < 4.78 is 22.8. The fraction of sp³-hybridized carbons (Fsp3) is 0.756. The molecular formula is C78H135NO13. The lowest BCUT2D eigenvalue weighted by molar-refractivity contribution is -0.359. The minimum absolute atomic E-state index is 0.246. The lowest BCUT2D eigenvalue weighted by Gasteiger charge is -2.46. The van der Waals surface area contributed by atoms with Crippen molar-refractivity contribution in [3.05, 3.63) is 109 Å². The largest absolute Gasteiger partial charge is 0.394 e. The van der Waals surface area contributed by atoms with Gasteiger partial charge in [0.25, 0.3) is 0 Å². The van der Waals surface area contributed by atoms with Crippen LogP contribution in [0.1, 0.15) is 284 Å². The number of unbranched alkanes of at least 4 members (excludes halogenated alkanes) is 31. The van der Waals surface area contributed by atoms with Crippen LogP contribution in [0.5, 0.6) is 0 Å². The Bertz CT molecular complexity index is 1960. The van der Waals surface area contributed by atoms with Gasteiger partial charge in [-0.1, -0.05) is 290 Å². The van der Waals surface area contributed by atoms with Crippen LogP contribution in [0, 0.1) is 0 Å². The maximum Gasteiger partial charge on any atom is 0.220 e. The number of aliphatic hydroxyl groups is 8. The summed E-state index contributed by atoms with van der Waals surface area (Å²) in [6, 6.07) is -0.956. The molecule has 0 aliphatic carbocycles. The molecule has 9 N–H and O–H groups in total. The van der Waals surface area contributed by atoms with Crippen LogP contribution in [-0.4, -0.2) is 140 Å². The van der Waals surface area contributed by atoms with Crippen molar-refractivity contribution in [1.29, 1.82) is 0 Å². The Morgan fingerprint density at radius 3 is 1.20 bits per heavy atom. The van der Waals surface area contributed by atoms with Crippen LogP contribution in [0.4, 0.5) is 0 Å². The van der Waals surface area contributed by atoms with Crippen molar-refractivity contribution in [2.45, 2.75) is 357 Å². The number of ether oxygens (including phenoxy) is 4. The highest BCUT2D eigenvalue weighted by molar-refractivity contribution is 5.76. The molecule has 530 valence electrons. The number of hydrogen-bond donors (Lipinski definition) is 9. The van der Waals surface area contributed by atoms with E-state index in [-0.39, 0.29) is 18.9 Å². The van der Waals surface area contributed by atoms with Gasteiger partial charge in [-0.3, -0.25) is 4.79 Å². The maximum absolute atomic E-state index is 13.3. The van der Waals surface area contributed by atoms with Gasteiger partial charge in [0, 0.05) is 6.42 Å². The number of hydrogen-bond acceptors (Lipinski definition) is 13. The zero-order valence-corrected chi connectivity index (χ0v) is 57.8. The Labute approximate surface area is 559 Å². The predicted octanol–water partition coefficient (Wildman–Crippen LogP) is 15.9. The van der Waals surface area contributed by atoms with E-state index < -0.39 is 86.8 Å². The van der Waals surface area contributed by atoms with Crippen molar-refractivity contribution in [2.24, 2.45) is 0 Å². The Kier molecular flexibility index (Phi) is 56.4. The molecule has 2 aliphatic rings. The van der Waals surface area contributed by atoms with Gasteiger partial charge in [0.2, 0.25) is 5.91 Å². The Hall–Kier alpha value is -3.35. The molecule has 2 fully saturated rings. The van der Waals surface area contributed by atoms with E-state index in [2.05, 4.69) is 116 Å². The molecule has 2 aliphatic heterocycles. The van der Waals surface area contributed by atoms with E-state index in [1.54, 1.807) is 6.08 Å². The average molecular weight is 1290 g/mol. The third kappa shape index (κ3) is 44.4. The van der Waals surface area contributed by atoms with Crippen LogP contribution in [0.2, 0.25) is 0 Å². The summed E-state index contributed by atoms with van der Waals surface area (Å²) in [5.74, 6) is -0.270. The molecule has 0 bridgehead atoms. The minimum Gasteiger partial charge on any atom is -0.394 e. The molecule has 0 aromatic rings. The molecular weight excluding hydrogens is 1160 g/mol. The third-order valence-corrected chi connectivity index (χ3v) is 17.4. The minimum atomic E-state index is -1.80. The molecule has 14 nitrogen and oxygen atoms in total. The lowest BCUT2D eigenvalue weighted by atomic mass is 9.97. The van der Waals surface area contributed by atoms with E-state index in [9.17, 15) is 45.6 Å². The van der Waals surface area contributed by atoms with Gasteiger partial charge in [0.05, 0.1) is 32.0 Å². The Balaban J connectivity index is 1.69. The van der Waals surface area contributed by atoms with Crippen molar-refractivity contribution < 1.29 is 64.6 Å². The highest BCUT2D eigenvalue weighted by atomic mass is 16.7. The molecule has 2 rings (SSSR count). The summed E-state index contributed by atoms with van der Waals surface area (Å²) in [5, 5.41) is 87.5. The summed E-state index contributed by atoms with van der Waals surface area (Å²) in [4.78, 5) is 13.3. The topological polar surface area (TPSA) is 228 Å². The number of amides is 1. The van der Waals surface area contributed by atoms with Crippen molar-refractivity contribution in [2.75, 3.05) is 19.8 Å². The fourth-order valence-electron chi connectivity index (χ4n) is 11.6. The second-order valence-corrected chi connectivity index (χ2v) is 25.7. The molecule has 12 atom stereocenters. The first kappa shape index (κ1) is 84.7. The van der Waals surface area contributed by atoms with Gasteiger partial charge < -0.3 is 65.1 Å². The van der Waals surface area contributed by atoms with Crippen LogP contribution in [0.3, 0.4) is 0 Å². The number of aliphatic hydroxyl groups excluding tert-OH is 8. The summed E-state index contributed by atoms with van der Waals surface area (Å²) >= 11 is 0. The SMILES string of the molecule is CC/C=C\C/C=C\C/C=C\C/C=C\C/C=C\C/C=C\CCCCCCCCC(=O)NC(COC1OC(CO)C(OC2OC(CO)C(O)C(O)C2O)C(O)C1O)C(O)/C=C/CC/C=C/CC/C=C/CCCCCCCCCCCCCCCCCCCCCCCCC. The number of nitrogens with one attached hydrogen (secondary N) is 1. The van der Waals surface area contributed by atoms with Crippen LogP contribution in [0.25, 0.3) is 0 Å². The van der Waals surface area contributed by atoms with Gasteiger partial charge in [-0.2, -0.15) is 0 Å². The van der Waals surface area contributed by atoms with Gasteiger partial charge in [-0.15, -0.1) is 0 Å². The van der Waals surface area contributed by atoms with E-state index in [0.717, 1.165) is 103 Å². The van der Waals surface area contributed by atoms with Gasteiger partial charge in [-0.25, -0.2) is 0 Å². The standard InChI is InChI=1S/C78H135NO13/c1-3-5-7-9-11-13-15-17-19-21-23-25-27-29-30-31-32-33-34-35-36-38-39-41-43-45-47-49-51-53-55-57-59-61-67(82)66(65-89-77-75(88)73(86)76(69(64-81)91-77)92-78-74(87)72(85)71(84)68(63-80)90-78)79-70(83)62-60-58-56-54-52-50-48-46-44-42-40-37-28-26-24-22-20-18-16-14-12-10-8-6-4-2/h6,8,12,14,18,20,24,26,37,40,43-46,51,53,59,61,66-69,71-78,80-82,84-88H,3-5,7,9-11,13,15-17,19,21-23,25,27-36,38-39,41-42,47-50,52,54-58,60,62-65H2,1-2H3,(H,79,83)/b8-6-,14-12-,20-18-,26-24-,40-37-,45-43+,46-44-,53-51+,61-59+. The summed E-state index contributed by atoms with van der Waals surface area (Å²) in [5.41, 5.74) is 0. The van der Waals surface area contributed by atoms with Crippen LogP contribution in [0.15, 0.2) is 109 Å². The van der Waals surface area contributed by atoms with Crippen molar-refractivity contribution >= 4 is 5.91 Å². The molecule has 0 aromatic heterocycles. The predicted molar refractivity (Wildman–Crippen MR) is 378 cm³/mol. The molecule has 0 aromatic carbocycles. The third-order valence-electron chi connectivity index (χ3n) is 17.4. The second kappa shape index (κ2) is 61.3. The molecule has 12 unspecified atom stereocenters. The van der Waals surface area contributed by atoms with Crippen LogP contribution >= 0.6 is 0 Å². The first-order valence-electron chi connectivity index (χ1n) is 37.1. The summed E-state index contributed by atoms with van der Waals surface area (Å²) in [6.07, 6.45) is 71.6. The molecule has 1 amide bonds. The quantitative estimate of drug-likeness (QED) is 0.0204. The molecule has 92 heavy (non-hydrogen) atoms. The van der Waals surface area contributed by atoms with E-state index >= 15 is 0 Å². The van der Waals surface area contributed by atoms with E-state index in [0.29, 0.717) is 12.8 Å². The van der Waals surface area contributed by atoms with E-state index in [1.165, 1.54) is 148 Å². The highest BCUT2D eigenvalue weighted by Crippen LogP contribution is 2.30. The number of rotatable bonds is 60. The fourth-order valence-corrected chi connectivity index (χ4v) is 11.6. The summed E-state index contributed by atoms with van der Waals surface area (Å²) in [6.45, 7) is 2.67. The lowest BCUT2D eigenvalue weighted by Crippen LogP contribution is -2.65. The van der Waals surface area contributed by atoms with Gasteiger partial charge in [-0.05, 0) is 96.3 Å². The first-order valence-corrected chi connectivity index (χ1v) is 37.1. The average Bonchev–Trinajstić information content (AvgIpc) is 0.865. The number of carbonyl (C=O) groups is 1. The number of allylic oxidation sites excluding steroid dienone is 17. The van der Waals surface area contributed by atoms with Crippen LogP contribution < -0.4 is 5.32 Å². The van der Waals surface area contributed by atoms with Crippen molar-refractivity contribution in [1.82, 2.24) is 5.32 Å². The highest BCUT2D eigenvalue weighted by Gasteiger charge is 2.51. The first-order chi connectivity index (χ1) is 45.1. The van der Waals surface area contributed by atoms with Crippen molar-refractivity contribution in [3.63, 3.8) is 0 Å². The Morgan fingerprint density at radius 1 is 0.402 bits per heavy atom. The second-order valence-electron chi connectivity index (χ2n) is 25.7. The molecule has 0 radical (unpaired) electrons. The van der Waals surface area contributed by atoms with E-state index in [4.69, 9.17) is 18.9 Å². The zero-order valence-electron chi connectivity index (χ0n) is 57.8. The molecule has 14 heteroatoms. The molecule has 0 spiro atoms. The number of carbonyl (C=O) groups excluding carboxylic acids is 1. The van der Waals surface area contributed by atoms with Crippen molar-refractivity contribution in [3.8, 4) is 0 Å². The molecule has 2 heterocycles.